The number of anilines is 1. The lowest BCUT2D eigenvalue weighted by atomic mass is 10.2. The summed E-state index contributed by atoms with van der Waals surface area (Å²) in [5.41, 5.74) is 1.76. The Morgan fingerprint density at radius 1 is 1.16 bits per heavy atom. The molecule has 0 bridgehead atoms. The predicted octanol–water partition coefficient (Wildman–Crippen LogP) is 3.97. The molecule has 0 spiro atoms. The lowest BCUT2D eigenvalue weighted by molar-refractivity contribution is 0.424. The summed E-state index contributed by atoms with van der Waals surface area (Å²) in [4.78, 5) is 4.87. The normalized spacial score (nSPS) is 16.3. The molecule has 0 unspecified atom stereocenters. The van der Waals surface area contributed by atoms with E-state index in [0.717, 1.165) is 42.1 Å². The molecule has 1 aromatic carbocycles. The molecule has 1 N–H and O–H groups in total. The lowest BCUT2D eigenvalue weighted by Gasteiger charge is -2.19. The monoisotopic (exact) mass is 377 g/mol. The first-order chi connectivity index (χ1) is 12.1. The molecule has 2 aromatic rings. The van der Waals surface area contributed by atoms with E-state index in [0.29, 0.717) is 24.5 Å². The van der Waals surface area contributed by atoms with Crippen LogP contribution < -0.4 is 5.32 Å². The maximum absolute atomic E-state index is 12.8. The number of rotatable bonds is 6. The van der Waals surface area contributed by atoms with Crippen LogP contribution in [0.4, 0.5) is 5.13 Å². The minimum atomic E-state index is -3.40. The molecule has 7 heteroatoms. The number of benzene rings is 1. The molecule has 1 fully saturated rings. The summed E-state index contributed by atoms with van der Waals surface area (Å²) in [6.07, 6.45) is 5.88. The topological polar surface area (TPSA) is 62.3 Å². The van der Waals surface area contributed by atoms with E-state index in [9.17, 15) is 8.42 Å². The second kappa shape index (κ2) is 8.12. The van der Waals surface area contributed by atoms with E-state index < -0.39 is 10.0 Å². The molecule has 1 aliphatic heterocycles. The van der Waals surface area contributed by atoms with Crippen molar-refractivity contribution in [3.05, 3.63) is 42.3 Å². The minimum absolute atomic E-state index is 0.360. The van der Waals surface area contributed by atoms with Crippen LogP contribution in [0.2, 0.25) is 0 Å². The Labute approximate surface area is 153 Å². The van der Waals surface area contributed by atoms with Gasteiger partial charge in [-0.25, -0.2) is 13.4 Å². The summed E-state index contributed by atoms with van der Waals surface area (Å²) in [6.45, 7) is 5.58. The van der Waals surface area contributed by atoms with Crippen molar-refractivity contribution in [2.24, 2.45) is 0 Å². The summed E-state index contributed by atoms with van der Waals surface area (Å²) in [5, 5.41) is 5.95. The summed E-state index contributed by atoms with van der Waals surface area (Å²) in [6, 6.07) is 7.03. The first-order valence-corrected chi connectivity index (χ1v) is 10.8. The first kappa shape index (κ1) is 18.1. The Balaban J connectivity index is 1.77. The molecular weight excluding hydrogens is 354 g/mol. The third-order valence-electron chi connectivity index (χ3n) is 4.25. The van der Waals surface area contributed by atoms with Crippen molar-refractivity contribution in [2.75, 3.05) is 25.0 Å². The fraction of sp³-hybridized carbons (Fsp3) is 0.389. The molecule has 0 radical (unpaired) electrons. The second-order valence-corrected chi connectivity index (χ2v) is 8.85. The smallest absolute Gasteiger partial charge is 0.243 e. The average Bonchev–Trinajstić information content (AvgIpc) is 2.92. The number of aromatic nitrogens is 1. The van der Waals surface area contributed by atoms with Gasteiger partial charge in [0.2, 0.25) is 10.0 Å². The van der Waals surface area contributed by atoms with E-state index >= 15 is 0 Å². The molecule has 2 heterocycles. The van der Waals surface area contributed by atoms with E-state index in [1.807, 2.05) is 17.5 Å². The largest absolute Gasteiger partial charge is 0.358 e. The molecule has 5 nitrogen and oxygen atoms in total. The number of hydrogen-bond acceptors (Lipinski definition) is 5. The highest BCUT2D eigenvalue weighted by Crippen LogP contribution is 2.27. The highest BCUT2D eigenvalue weighted by atomic mass is 32.2. The summed E-state index contributed by atoms with van der Waals surface area (Å²) in [7, 11) is -3.40. The van der Waals surface area contributed by atoms with E-state index in [-0.39, 0.29) is 0 Å². The number of sulfonamides is 1. The fourth-order valence-electron chi connectivity index (χ4n) is 2.88. The zero-order valence-corrected chi connectivity index (χ0v) is 15.8. The minimum Gasteiger partial charge on any atom is -0.358 e. The molecule has 0 aliphatic carbocycles. The van der Waals surface area contributed by atoms with Crippen molar-refractivity contribution in [3.63, 3.8) is 0 Å². The van der Waals surface area contributed by atoms with Gasteiger partial charge in [-0.3, -0.25) is 0 Å². The Morgan fingerprint density at radius 3 is 2.48 bits per heavy atom. The molecule has 1 aliphatic rings. The van der Waals surface area contributed by atoms with Gasteiger partial charge in [-0.05, 0) is 25.0 Å². The van der Waals surface area contributed by atoms with Crippen LogP contribution in [0.5, 0.6) is 0 Å². The molecule has 1 aromatic heterocycles. The van der Waals surface area contributed by atoms with E-state index in [4.69, 9.17) is 0 Å². The van der Waals surface area contributed by atoms with Gasteiger partial charge >= 0.3 is 0 Å². The van der Waals surface area contributed by atoms with Gasteiger partial charge in [-0.2, -0.15) is 4.31 Å². The zero-order chi connectivity index (χ0) is 17.7. The number of nitrogens with one attached hydrogen (secondary N) is 1. The van der Waals surface area contributed by atoms with Gasteiger partial charge < -0.3 is 5.32 Å². The van der Waals surface area contributed by atoms with Gasteiger partial charge in [0.25, 0.3) is 0 Å². The lowest BCUT2D eigenvalue weighted by Crippen LogP contribution is -2.31. The molecule has 1 saturated heterocycles. The van der Waals surface area contributed by atoms with Crippen molar-refractivity contribution in [1.29, 1.82) is 0 Å². The molecular formula is C18H23N3O2S2. The molecule has 134 valence electrons. The second-order valence-electron chi connectivity index (χ2n) is 6.05. The standard InChI is InChI=1S/C18H23N3O2S2/c1-2-11-19-18-20-17(14-24-18)15-7-9-16(10-8-15)25(22,23)21-12-5-3-4-6-13-21/h2,7-10,14H,1,3-6,11-13H2,(H,19,20). The first-order valence-electron chi connectivity index (χ1n) is 8.52. The van der Waals surface area contributed by atoms with Gasteiger partial charge in [0.15, 0.2) is 5.13 Å². The van der Waals surface area contributed by atoms with Crippen LogP contribution in [-0.4, -0.2) is 37.3 Å². The molecule has 25 heavy (non-hydrogen) atoms. The van der Waals surface area contributed by atoms with Crippen LogP contribution >= 0.6 is 11.3 Å². The van der Waals surface area contributed by atoms with Gasteiger partial charge in [0.1, 0.15) is 0 Å². The molecule has 0 atom stereocenters. The highest BCUT2D eigenvalue weighted by Gasteiger charge is 2.25. The SMILES string of the molecule is C=CCNc1nc(-c2ccc(S(=O)(=O)N3CCCCCC3)cc2)cs1. The summed E-state index contributed by atoms with van der Waals surface area (Å²) < 4.78 is 27.2. The van der Waals surface area contributed by atoms with Gasteiger partial charge in [0.05, 0.1) is 10.6 Å². The van der Waals surface area contributed by atoms with Crippen LogP contribution in [0, 0.1) is 0 Å². The maximum atomic E-state index is 12.8. The van der Waals surface area contributed by atoms with E-state index in [2.05, 4.69) is 16.9 Å². The highest BCUT2D eigenvalue weighted by molar-refractivity contribution is 7.89. The van der Waals surface area contributed by atoms with Crippen LogP contribution in [0.25, 0.3) is 11.3 Å². The van der Waals surface area contributed by atoms with E-state index in [1.54, 1.807) is 22.5 Å². The van der Waals surface area contributed by atoms with Crippen LogP contribution in [0.15, 0.2) is 47.2 Å². The van der Waals surface area contributed by atoms with Crippen molar-refractivity contribution in [3.8, 4) is 11.3 Å². The molecule has 0 saturated carbocycles. The van der Waals surface area contributed by atoms with Crippen LogP contribution in [0.3, 0.4) is 0 Å². The molecule has 3 rings (SSSR count). The molecule has 0 amide bonds. The summed E-state index contributed by atoms with van der Waals surface area (Å²) >= 11 is 1.52. The third-order valence-corrected chi connectivity index (χ3v) is 6.97. The van der Waals surface area contributed by atoms with E-state index in [1.165, 1.54) is 11.3 Å². The number of hydrogen-bond donors (Lipinski definition) is 1. The van der Waals surface area contributed by atoms with Crippen molar-refractivity contribution >= 4 is 26.5 Å². The number of thiazole rings is 1. The van der Waals surface area contributed by atoms with Crippen molar-refractivity contribution < 1.29 is 8.42 Å². The number of nitrogens with zero attached hydrogens (tertiary/aromatic N) is 2. The van der Waals surface area contributed by atoms with Crippen molar-refractivity contribution in [1.82, 2.24) is 9.29 Å². The van der Waals surface area contributed by atoms with Gasteiger partial charge in [-0.15, -0.1) is 17.9 Å². The zero-order valence-electron chi connectivity index (χ0n) is 14.1. The maximum Gasteiger partial charge on any atom is 0.243 e. The third kappa shape index (κ3) is 4.29. The van der Waals surface area contributed by atoms with Crippen LogP contribution in [0.1, 0.15) is 25.7 Å². The average molecular weight is 378 g/mol. The Morgan fingerprint density at radius 2 is 1.84 bits per heavy atom. The van der Waals surface area contributed by atoms with Gasteiger partial charge in [-0.1, -0.05) is 31.1 Å². The summed E-state index contributed by atoms with van der Waals surface area (Å²) in [5.74, 6) is 0. The Bertz CT molecular complexity index is 805. The predicted molar refractivity (Wildman–Crippen MR) is 103 cm³/mol. The van der Waals surface area contributed by atoms with Crippen LogP contribution in [-0.2, 0) is 10.0 Å². The Kier molecular flexibility index (Phi) is 5.88. The Hall–Kier alpha value is -1.70. The quantitative estimate of drug-likeness (QED) is 0.774. The van der Waals surface area contributed by atoms with Crippen molar-refractivity contribution in [2.45, 2.75) is 30.6 Å². The van der Waals surface area contributed by atoms with Gasteiger partial charge in [0, 0.05) is 30.6 Å². The fourth-order valence-corrected chi connectivity index (χ4v) is 5.12.